The van der Waals surface area contributed by atoms with E-state index in [0.29, 0.717) is 5.69 Å². The summed E-state index contributed by atoms with van der Waals surface area (Å²) >= 11 is 5.26. The third kappa shape index (κ3) is 6.24. The Bertz CT molecular complexity index is 1050. The van der Waals surface area contributed by atoms with Crippen molar-refractivity contribution in [3.8, 4) is 0 Å². The van der Waals surface area contributed by atoms with E-state index in [2.05, 4.69) is 10.6 Å². The van der Waals surface area contributed by atoms with Gasteiger partial charge in [-0.2, -0.15) is 0 Å². The van der Waals surface area contributed by atoms with Crippen molar-refractivity contribution in [2.24, 2.45) is 5.14 Å². The topological polar surface area (TPSA) is 137 Å². The van der Waals surface area contributed by atoms with Gasteiger partial charge in [0.05, 0.1) is 34.9 Å². The summed E-state index contributed by atoms with van der Waals surface area (Å²) in [6.07, 6.45) is 0. The molecular weight excluding hydrogens is 430 g/mol. The molecule has 0 amide bonds. The minimum absolute atomic E-state index is 0.0429. The lowest BCUT2D eigenvalue weighted by molar-refractivity contribution is 0.0512. The summed E-state index contributed by atoms with van der Waals surface area (Å²) in [6, 6.07) is 9.94. The third-order valence-electron chi connectivity index (χ3n) is 3.71. The van der Waals surface area contributed by atoms with Crippen LogP contribution in [0, 0.1) is 0 Å². The maximum atomic E-state index is 12.2. The molecule has 2 aromatic carbocycles. The van der Waals surface area contributed by atoms with Crippen molar-refractivity contribution in [2.45, 2.75) is 18.7 Å². The van der Waals surface area contributed by atoms with Gasteiger partial charge in [0.1, 0.15) is 0 Å². The number of hydrogen-bond acceptors (Lipinski definition) is 7. The summed E-state index contributed by atoms with van der Waals surface area (Å²) in [7, 11) is -3.81. The van der Waals surface area contributed by atoms with Crippen LogP contribution >= 0.6 is 12.2 Å². The summed E-state index contributed by atoms with van der Waals surface area (Å²) in [5, 5.41) is 10.9. The van der Waals surface area contributed by atoms with E-state index in [9.17, 15) is 18.0 Å². The van der Waals surface area contributed by atoms with Crippen LogP contribution in [0.15, 0.2) is 47.4 Å². The summed E-state index contributed by atoms with van der Waals surface area (Å²) in [5.74, 6) is -1.14. The van der Waals surface area contributed by atoms with E-state index < -0.39 is 22.0 Å². The molecule has 30 heavy (non-hydrogen) atoms. The zero-order valence-electron chi connectivity index (χ0n) is 16.3. The average Bonchev–Trinajstić information content (AvgIpc) is 2.68. The smallest absolute Gasteiger partial charge is 0.340 e. The first-order valence-electron chi connectivity index (χ1n) is 8.84. The molecule has 0 bridgehead atoms. The van der Waals surface area contributed by atoms with Crippen LogP contribution in [-0.4, -0.2) is 38.7 Å². The molecule has 2 rings (SSSR count). The maximum Gasteiger partial charge on any atom is 0.340 e. The molecule has 0 aliphatic carbocycles. The van der Waals surface area contributed by atoms with Gasteiger partial charge in [-0.05, 0) is 68.5 Å². The number of hydrogen-bond donors (Lipinski definition) is 3. The Balaban J connectivity index is 2.25. The highest BCUT2D eigenvalue weighted by Crippen LogP contribution is 2.21. The SMILES string of the molecule is CCOC(=O)c1ccc(C(=O)OCC)c(NC(=S)Nc2ccc(S(N)(=O)=O)cc2)c1. The Kier molecular flexibility index (Phi) is 7.86. The van der Waals surface area contributed by atoms with Crippen molar-refractivity contribution in [2.75, 3.05) is 23.8 Å². The molecule has 0 saturated heterocycles. The van der Waals surface area contributed by atoms with Gasteiger partial charge >= 0.3 is 11.9 Å². The van der Waals surface area contributed by atoms with E-state index in [-0.39, 0.29) is 40.0 Å². The molecule has 0 radical (unpaired) electrons. The van der Waals surface area contributed by atoms with E-state index in [1.165, 1.54) is 42.5 Å². The molecule has 9 nitrogen and oxygen atoms in total. The summed E-state index contributed by atoms with van der Waals surface area (Å²) in [5.41, 5.74) is 1.14. The van der Waals surface area contributed by atoms with Crippen molar-refractivity contribution in [3.63, 3.8) is 0 Å². The van der Waals surface area contributed by atoms with Crippen LogP contribution < -0.4 is 15.8 Å². The Morgan fingerprint density at radius 3 is 2.13 bits per heavy atom. The first kappa shape index (κ1) is 23.3. The minimum atomic E-state index is -3.81. The van der Waals surface area contributed by atoms with Crippen LogP contribution in [-0.2, 0) is 19.5 Å². The molecule has 0 fully saturated rings. The van der Waals surface area contributed by atoms with Crippen LogP contribution in [0.1, 0.15) is 34.6 Å². The predicted molar refractivity (Wildman–Crippen MR) is 116 cm³/mol. The van der Waals surface area contributed by atoms with Crippen molar-refractivity contribution < 1.29 is 27.5 Å². The Morgan fingerprint density at radius 1 is 0.967 bits per heavy atom. The number of rotatable bonds is 7. The van der Waals surface area contributed by atoms with Gasteiger partial charge in [0, 0.05) is 5.69 Å². The van der Waals surface area contributed by atoms with Gasteiger partial charge in [0.15, 0.2) is 5.11 Å². The van der Waals surface area contributed by atoms with Gasteiger partial charge in [-0.25, -0.2) is 23.1 Å². The lowest BCUT2D eigenvalue weighted by Gasteiger charge is -2.15. The normalized spacial score (nSPS) is 10.8. The molecule has 11 heteroatoms. The second-order valence-electron chi connectivity index (χ2n) is 5.85. The number of primary sulfonamides is 1. The lowest BCUT2D eigenvalue weighted by atomic mass is 10.1. The Labute approximate surface area is 179 Å². The quantitative estimate of drug-likeness (QED) is 0.428. The number of carbonyl (C=O) groups excluding carboxylic acids is 2. The van der Waals surface area contributed by atoms with Crippen LogP contribution in [0.4, 0.5) is 11.4 Å². The fraction of sp³-hybridized carbons (Fsp3) is 0.211. The number of nitrogens with one attached hydrogen (secondary N) is 2. The van der Waals surface area contributed by atoms with Gasteiger partial charge in [0.25, 0.3) is 0 Å². The molecule has 0 saturated carbocycles. The molecule has 0 aromatic heterocycles. The van der Waals surface area contributed by atoms with E-state index in [1.54, 1.807) is 13.8 Å². The largest absolute Gasteiger partial charge is 0.462 e. The monoisotopic (exact) mass is 451 g/mol. The number of thiocarbonyl (C=S) groups is 1. The second-order valence-corrected chi connectivity index (χ2v) is 7.82. The van der Waals surface area contributed by atoms with Crippen LogP contribution in [0.3, 0.4) is 0 Å². The summed E-state index contributed by atoms with van der Waals surface area (Å²) in [6.45, 7) is 3.74. The highest BCUT2D eigenvalue weighted by Gasteiger charge is 2.17. The van der Waals surface area contributed by atoms with Gasteiger partial charge < -0.3 is 20.1 Å². The summed E-state index contributed by atoms with van der Waals surface area (Å²) in [4.78, 5) is 24.2. The zero-order valence-corrected chi connectivity index (χ0v) is 17.9. The van der Waals surface area contributed by atoms with Gasteiger partial charge in [0.2, 0.25) is 10.0 Å². The molecule has 0 heterocycles. The van der Waals surface area contributed by atoms with Crippen molar-refractivity contribution >= 4 is 50.7 Å². The number of esters is 2. The molecule has 0 unspecified atom stereocenters. The van der Waals surface area contributed by atoms with Crippen LogP contribution in [0.2, 0.25) is 0 Å². The number of ether oxygens (including phenoxy) is 2. The predicted octanol–water partition coefficient (Wildman–Crippen LogP) is 2.50. The number of sulfonamides is 1. The van der Waals surface area contributed by atoms with Gasteiger partial charge in [-0.3, -0.25) is 0 Å². The minimum Gasteiger partial charge on any atom is -0.462 e. The number of anilines is 2. The number of nitrogens with two attached hydrogens (primary N) is 1. The van der Waals surface area contributed by atoms with Gasteiger partial charge in [-0.15, -0.1) is 0 Å². The third-order valence-corrected chi connectivity index (χ3v) is 4.85. The molecular formula is C19H21N3O6S2. The average molecular weight is 452 g/mol. The van der Waals surface area contributed by atoms with E-state index in [1.807, 2.05) is 0 Å². The standard InChI is InChI=1S/C19H21N3O6S2/c1-3-27-17(23)12-5-10-15(18(24)28-4-2)16(11-12)22-19(29)21-13-6-8-14(9-7-13)30(20,25)26/h5-11H,3-4H2,1-2H3,(H2,20,25,26)(H2,21,22,29). The van der Waals surface area contributed by atoms with E-state index in [4.69, 9.17) is 26.8 Å². The number of benzene rings is 2. The maximum absolute atomic E-state index is 12.2. The Morgan fingerprint density at radius 2 is 1.57 bits per heavy atom. The van der Waals surface area contributed by atoms with Crippen LogP contribution in [0.5, 0.6) is 0 Å². The molecule has 2 aromatic rings. The summed E-state index contributed by atoms with van der Waals surface area (Å²) < 4.78 is 32.7. The first-order chi connectivity index (χ1) is 14.2. The first-order valence-corrected chi connectivity index (χ1v) is 10.8. The van der Waals surface area contributed by atoms with Crippen molar-refractivity contribution in [1.29, 1.82) is 0 Å². The fourth-order valence-electron chi connectivity index (χ4n) is 2.39. The molecule has 4 N–H and O–H groups in total. The molecule has 0 aliphatic heterocycles. The molecule has 0 atom stereocenters. The Hall–Kier alpha value is -3.02. The molecule has 0 aliphatic rings. The van der Waals surface area contributed by atoms with E-state index in [0.717, 1.165) is 0 Å². The van der Waals surface area contributed by atoms with Gasteiger partial charge in [-0.1, -0.05) is 0 Å². The zero-order chi connectivity index (χ0) is 22.3. The second kappa shape index (κ2) is 10.1. The lowest BCUT2D eigenvalue weighted by Crippen LogP contribution is -2.22. The number of carbonyl (C=O) groups is 2. The molecule has 0 spiro atoms. The van der Waals surface area contributed by atoms with Crippen LogP contribution in [0.25, 0.3) is 0 Å². The highest BCUT2D eigenvalue weighted by atomic mass is 32.2. The highest BCUT2D eigenvalue weighted by molar-refractivity contribution is 7.89. The van der Waals surface area contributed by atoms with Crippen molar-refractivity contribution in [1.82, 2.24) is 0 Å². The van der Waals surface area contributed by atoms with Crippen molar-refractivity contribution in [3.05, 3.63) is 53.6 Å². The fourth-order valence-corrected chi connectivity index (χ4v) is 3.13. The van der Waals surface area contributed by atoms with E-state index >= 15 is 0 Å². The molecule has 160 valence electrons.